The van der Waals surface area contributed by atoms with Crippen molar-refractivity contribution in [3.8, 4) is 11.4 Å². The SMILES string of the molecule is Cc1ccc2oc(=O)n(Cc3cccc(-c4ncc(C(=O)NCCCCN(C)C)cn4)c3)c2n1. The highest BCUT2D eigenvalue weighted by Crippen LogP contribution is 2.18. The predicted molar refractivity (Wildman–Crippen MR) is 130 cm³/mol. The van der Waals surface area contributed by atoms with Crippen molar-refractivity contribution in [3.05, 3.63) is 76.2 Å². The van der Waals surface area contributed by atoms with Gasteiger partial charge >= 0.3 is 5.76 Å². The minimum Gasteiger partial charge on any atom is -0.406 e. The lowest BCUT2D eigenvalue weighted by molar-refractivity contribution is 0.0952. The second-order valence-corrected chi connectivity index (χ2v) is 8.49. The Bertz CT molecular complexity index is 1340. The fourth-order valence-corrected chi connectivity index (χ4v) is 3.62. The Balaban J connectivity index is 1.44. The van der Waals surface area contributed by atoms with Crippen molar-refractivity contribution >= 4 is 17.1 Å². The number of fused-ring (bicyclic) bond motifs is 1. The summed E-state index contributed by atoms with van der Waals surface area (Å²) in [6.07, 6.45) is 5.01. The maximum Gasteiger partial charge on any atom is 0.421 e. The monoisotopic (exact) mass is 460 g/mol. The van der Waals surface area contributed by atoms with Crippen molar-refractivity contribution in [2.75, 3.05) is 27.2 Å². The molecule has 1 aromatic carbocycles. The van der Waals surface area contributed by atoms with Gasteiger partial charge in [-0.25, -0.2) is 19.7 Å². The number of pyridine rings is 1. The average molecular weight is 461 g/mol. The number of aryl methyl sites for hydroxylation is 1. The first kappa shape index (κ1) is 23.3. The molecule has 0 fully saturated rings. The van der Waals surface area contributed by atoms with E-state index in [1.165, 1.54) is 17.0 Å². The zero-order chi connectivity index (χ0) is 24.1. The number of nitrogens with zero attached hydrogens (tertiary/aromatic N) is 5. The molecule has 4 rings (SSSR count). The summed E-state index contributed by atoms with van der Waals surface area (Å²) in [4.78, 5) is 40.0. The molecule has 34 heavy (non-hydrogen) atoms. The van der Waals surface area contributed by atoms with Crippen molar-refractivity contribution in [1.29, 1.82) is 0 Å². The summed E-state index contributed by atoms with van der Waals surface area (Å²) < 4.78 is 6.82. The summed E-state index contributed by atoms with van der Waals surface area (Å²) in [6.45, 7) is 3.79. The van der Waals surface area contributed by atoms with Crippen molar-refractivity contribution in [1.82, 2.24) is 29.7 Å². The molecule has 0 bridgehead atoms. The lowest BCUT2D eigenvalue weighted by atomic mass is 10.1. The Morgan fingerprint density at radius 3 is 2.68 bits per heavy atom. The van der Waals surface area contributed by atoms with Crippen molar-refractivity contribution < 1.29 is 9.21 Å². The zero-order valence-corrected chi connectivity index (χ0v) is 19.6. The molecule has 3 aromatic heterocycles. The van der Waals surface area contributed by atoms with Crippen LogP contribution in [-0.2, 0) is 6.54 Å². The molecule has 0 unspecified atom stereocenters. The number of rotatable bonds is 9. The standard InChI is InChI=1S/C25H28N6O3/c1-17-9-10-21-23(29-17)31(25(33)34-21)16-18-7-6-8-19(13-18)22-27-14-20(15-28-22)24(32)26-11-4-5-12-30(2)3/h6-10,13-15H,4-5,11-12,16H2,1-3H3,(H,26,32). The molecule has 9 nitrogen and oxygen atoms in total. The number of hydrogen-bond acceptors (Lipinski definition) is 7. The Morgan fingerprint density at radius 2 is 1.91 bits per heavy atom. The van der Waals surface area contributed by atoms with Gasteiger partial charge in [0.1, 0.15) is 0 Å². The van der Waals surface area contributed by atoms with Crippen LogP contribution in [0.2, 0.25) is 0 Å². The lowest BCUT2D eigenvalue weighted by Gasteiger charge is -2.09. The molecule has 0 aliphatic heterocycles. The summed E-state index contributed by atoms with van der Waals surface area (Å²) in [6, 6.07) is 11.2. The third kappa shape index (κ3) is 5.55. The van der Waals surface area contributed by atoms with E-state index in [2.05, 4.69) is 25.2 Å². The van der Waals surface area contributed by atoms with Gasteiger partial charge in [-0.3, -0.25) is 9.36 Å². The number of amides is 1. The molecule has 0 atom stereocenters. The van der Waals surface area contributed by atoms with Gasteiger partial charge in [-0.15, -0.1) is 0 Å². The van der Waals surface area contributed by atoms with Crippen LogP contribution < -0.4 is 11.1 Å². The average Bonchev–Trinajstić information content (AvgIpc) is 3.13. The van der Waals surface area contributed by atoms with Crippen molar-refractivity contribution in [2.24, 2.45) is 0 Å². The topological polar surface area (TPSA) is 106 Å². The first-order valence-corrected chi connectivity index (χ1v) is 11.2. The number of unbranched alkanes of at least 4 members (excludes halogenated alkanes) is 1. The number of oxazole rings is 1. The van der Waals surface area contributed by atoms with Gasteiger partial charge in [-0.05, 0) is 64.2 Å². The molecule has 0 radical (unpaired) electrons. The van der Waals surface area contributed by atoms with E-state index in [4.69, 9.17) is 4.42 Å². The van der Waals surface area contributed by atoms with Crippen LogP contribution >= 0.6 is 0 Å². The molecular formula is C25H28N6O3. The fourth-order valence-electron chi connectivity index (χ4n) is 3.62. The van der Waals surface area contributed by atoms with Crippen LogP contribution in [0.4, 0.5) is 0 Å². The van der Waals surface area contributed by atoms with Gasteiger partial charge in [0.05, 0.1) is 12.1 Å². The molecule has 0 saturated carbocycles. The summed E-state index contributed by atoms with van der Waals surface area (Å²) in [5, 5.41) is 2.90. The molecule has 3 heterocycles. The van der Waals surface area contributed by atoms with Crippen LogP contribution in [0, 0.1) is 6.92 Å². The molecule has 176 valence electrons. The van der Waals surface area contributed by atoms with E-state index in [-0.39, 0.29) is 5.91 Å². The van der Waals surface area contributed by atoms with Crippen molar-refractivity contribution in [2.45, 2.75) is 26.3 Å². The van der Waals surface area contributed by atoms with Crippen LogP contribution in [0.1, 0.15) is 34.5 Å². The largest absolute Gasteiger partial charge is 0.421 e. The van der Waals surface area contributed by atoms with E-state index in [0.717, 1.165) is 36.2 Å². The highest BCUT2D eigenvalue weighted by Gasteiger charge is 2.13. The van der Waals surface area contributed by atoms with Gasteiger partial charge in [0.2, 0.25) is 0 Å². The van der Waals surface area contributed by atoms with Crippen molar-refractivity contribution in [3.63, 3.8) is 0 Å². The molecule has 0 saturated heterocycles. The highest BCUT2D eigenvalue weighted by molar-refractivity contribution is 5.93. The Kier molecular flexibility index (Phi) is 7.12. The minimum absolute atomic E-state index is 0.181. The zero-order valence-electron chi connectivity index (χ0n) is 19.6. The molecule has 0 aliphatic carbocycles. The number of aromatic nitrogens is 4. The Hall–Kier alpha value is -3.85. The maximum atomic E-state index is 12.3. The Morgan fingerprint density at radius 1 is 1.12 bits per heavy atom. The lowest BCUT2D eigenvalue weighted by Crippen LogP contribution is -2.25. The third-order valence-corrected chi connectivity index (χ3v) is 5.41. The molecule has 1 amide bonds. The highest BCUT2D eigenvalue weighted by atomic mass is 16.4. The molecule has 0 aliphatic rings. The van der Waals surface area contributed by atoms with Gasteiger partial charge < -0.3 is 14.6 Å². The van der Waals surface area contributed by atoms with Gasteiger partial charge in [0.25, 0.3) is 5.91 Å². The molecular weight excluding hydrogens is 432 g/mol. The number of hydrogen-bond donors (Lipinski definition) is 1. The number of benzene rings is 1. The van der Waals surface area contributed by atoms with E-state index >= 15 is 0 Å². The predicted octanol–water partition coefficient (Wildman–Crippen LogP) is 2.87. The van der Waals surface area contributed by atoms with Crippen LogP contribution in [-0.4, -0.2) is 57.5 Å². The summed E-state index contributed by atoms with van der Waals surface area (Å²) in [7, 11) is 4.06. The minimum atomic E-state index is -0.452. The van der Waals surface area contributed by atoms with Crippen LogP contribution in [0.5, 0.6) is 0 Å². The van der Waals surface area contributed by atoms with E-state index in [0.29, 0.717) is 35.7 Å². The van der Waals surface area contributed by atoms with Crippen LogP contribution in [0.3, 0.4) is 0 Å². The fraction of sp³-hybridized carbons (Fsp3) is 0.320. The third-order valence-electron chi connectivity index (χ3n) is 5.41. The van der Waals surface area contributed by atoms with Crippen LogP contribution in [0.15, 0.2) is 58.0 Å². The van der Waals surface area contributed by atoms with Gasteiger partial charge in [0, 0.05) is 30.2 Å². The number of carbonyl (C=O) groups excluding carboxylic acids is 1. The molecule has 1 N–H and O–H groups in total. The van der Waals surface area contributed by atoms with Gasteiger partial charge in [0.15, 0.2) is 17.1 Å². The number of carbonyl (C=O) groups is 1. The molecule has 0 spiro atoms. The quantitative estimate of drug-likeness (QED) is 0.383. The van der Waals surface area contributed by atoms with E-state index in [1.54, 1.807) is 6.07 Å². The second-order valence-electron chi connectivity index (χ2n) is 8.49. The van der Waals surface area contributed by atoms with E-state index in [9.17, 15) is 9.59 Å². The normalized spacial score (nSPS) is 11.3. The van der Waals surface area contributed by atoms with Gasteiger partial charge in [-0.1, -0.05) is 18.2 Å². The molecule has 4 aromatic rings. The molecule has 9 heteroatoms. The summed E-state index contributed by atoms with van der Waals surface area (Å²) >= 11 is 0. The first-order valence-electron chi connectivity index (χ1n) is 11.2. The van der Waals surface area contributed by atoms with E-state index in [1.807, 2.05) is 51.4 Å². The summed E-state index contributed by atoms with van der Waals surface area (Å²) in [5.74, 6) is -0.131. The van der Waals surface area contributed by atoms with E-state index < -0.39 is 5.76 Å². The summed E-state index contributed by atoms with van der Waals surface area (Å²) in [5.41, 5.74) is 3.88. The Labute approximate surface area is 197 Å². The maximum absolute atomic E-state index is 12.3. The second kappa shape index (κ2) is 10.4. The van der Waals surface area contributed by atoms with Gasteiger partial charge in [-0.2, -0.15) is 0 Å². The van der Waals surface area contributed by atoms with Crippen LogP contribution in [0.25, 0.3) is 22.6 Å². The smallest absolute Gasteiger partial charge is 0.406 e. The first-order chi connectivity index (χ1) is 16.4. The number of nitrogens with one attached hydrogen (secondary N) is 1.